The number of aromatic nitrogens is 3. The average molecular weight is 327 g/mol. The summed E-state index contributed by atoms with van der Waals surface area (Å²) in [6.07, 6.45) is 2.03. The molecule has 0 bridgehead atoms. The molecule has 0 aliphatic carbocycles. The fraction of sp³-hybridized carbons (Fsp3) is 0.333. The third-order valence-electron chi connectivity index (χ3n) is 3.78. The van der Waals surface area contributed by atoms with E-state index in [0.29, 0.717) is 12.1 Å². The molecule has 0 aliphatic rings. The van der Waals surface area contributed by atoms with Gasteiger partial charge in [0.2, 0.25) is 0 Å². The summed E-state index contributed by atoms with van der Waals surface area (Å²) in [5, 5.41) is 0.804. The Kier molecular flexibility index (Phi) is 4.86. The van der Waals surface area contributed by atoms with Crippen molar-refractivity contribution in [1.82, 2.24) is 14.5 Å². The zero-order valence-electron chi connectivity index (χ0n) is 13.5. The van der Waals surface area contributed by atoms with Gasteiger partial charge >= 0.3 is 0 Å². The van der Waals surface area contributed by atoms with E-state index in [-0.39, 0.29) is 5.56 Å². The first-order valence-corrected chi connectivity index (χ1v) is 8.94. The Morgan fingerprint density at radius 1 is 1.26 bits per heavy atom. The molecule has 0 saturated carbocycles. The maximum Gasteiger partial charge on any atom is 0.278 e. The van der Waals surface area contributed by atoms with Gasteiger partial charge in [0.1, 0.15) is 5.52 Å². The van der Waals surface area contributed by atoms with Crippen LogP contribution in [0.3, 0.4) is 0 Å². The van der Waals surface area contributed by atoms with Crippen molar-refractivity contribution in [2.75, 3.05) is 0 Å². The van der Waals surface area contributed by atoms with Crippen LogP contribution < -0.4 is 5.56 Å². The van der Waals surface area contributed by atoms with Crippen molar-refractivity contribution >= 4 is 22.8 Å². The largest absolute Gasteiger partial charge is 0.353 e. The van der Waals surface area contributed by atoms with Gasteiger partial charge in [-0.25, -0.2) is 4.98 Å². The number of nitrogens with one attached hydrogen (secondary N) is 1. The lowest BCUT2D eigenvalue weighted by molar-refractivity contribution is 0.557. The molecule has 0 amide bonds. The third kappa shape index (κ3) is 3.50. The van der Waals surface area contributed by atoms with Crippen LogP contribution in [0.1, 0.15) is 31.0 Å². The van der Waals surface area contributed by atoms with Gasteiger partial charge in [-0.15, -0.1) is 0 Å². The smallest absolute Gasteiger partial charge is 0.278 e. The Morgan fingerprint density at radius 2 is 2.04 bits per heavy atom. The molecule has 5 heteroatoms. The highest BCUT2D eigenvalue weighted by Gasteiger charge is 2.13. The molecule has 1 N–H and O–H groups in total. The second-order valence-electron chi connectivity index (χ2n) is 5.69. The highest BCUT2D eigenvalue weighted by atomic mass is 32.2. The van der Waals surface area contributed by atoms with Crippen LogP contribution in [0.4, 0.5) is 0 Å². The standard InChI is InChI=1S/C18H21N3OS/c1-3-4-10-21-17(22)16-15(11-13(2)19-16)20-18(21)23-12-14-8-6-5-7-9-14/h5-9,11,19H,3-4,10,12H2,1-2H3. The van der Waals surface area contributed by atoms with Crippen molar-refractivity contribution < 1.29 is 0 Å². The third-order valence-corrected chi connectivity index (χ3v) is 4.83. The van der Waals surface area contributed by atoms with E-state index in [4.69, 9.17) is 4.98 Å². The number of rotatable bonds is 6. The van der Waals surface area contributed by atoms with Crippen molar-refractivity contribution in [3.8, 4) is 0 Å². The normalized spacial score (nSPS) is 11.2. The molecule has 0 fully saturated rings. The summed E-state index contributed by atoms with van der Waals surface area (Å²) in [6, 6.07) is 12.2. The minimum atomic E-state index is 0.0344. The lowest BCUT2D eigenvalue weighted by Gasteiger charge is -2.11. The highest BCUT2D eigenvalue weighted by Crippen LogP contribution is 2.22. The number of aryl methyl sites for hydroxylation is 1. The summed E-state index contributed by atoms with van der Waals surface area (Å²) in [5.41, 5.74) is 3.61. The van der Waals surface area contributed by atoms with E-state index < -0.39 is 0 Å². The molecule has 23 heavy (non-hydrogen) atoms. The maximum absolute atomic E-state index is 12.8. The fourth-order valence-electron chi connectivity index (χ4n) is 2.56. The van der Waals surface area contributed by atoms with Crippen LogP contribution in [0.25, 0.3) is 11.0 Å². The molecule has 0 atom stereocenters. The molecule has 3 rings (SSSR count). The van der Waals surface area contributed by atoms with Crippen molar-refractivity contribution in [2.24, 2.45) is 0 Å². The number of nitrogens with zero attached hydrogens (tertiary/aromatic N) is 2. The second kappa shape index (κ2) is 7.04. The molecular weight excluding hydrogens is 306 g/mol. The van der Waals surface area contributed by atoms with Gasteiger partial charge in [0, 0.05) is 18.0 Å². The summed E-state index contributed by atoms with van der Waals surface area (Å²) >= 11 is 1.63. The van der Waals surface area contributed by atoms with E-state index >= 15 is 0 Å². The molecule has 2 heterocycles. The first-order valence-electron chi connectivity index (χ1n) is 7.96. The summed E-state index contributed by atoms with van der Waals surface area (Å²) in [6.45, 7) is 4.80. The van der Waals surface area contributed by atoms with Gasteiger partial charge in [-0.1, -0.05) is 55.4 Å². The van der Waals surface area contributed by atoms with Gasteiger partial charge in [0.05, 0.1) is 5.52 Å². The molecule has 0 aliphatic heterocycles. The van der Waals surface area contributed by atoms with Gasteiger partial charge in [0.25, 0.3) is 5.56 Å². The van der Waals surface area contributed by atoms with Crippen LogP contribution in [0.5, 0.6) is 0 Å². The molecule has 120 valence electrons. The van der Waals surface area contributed by atoms with Crippen molar-refractivity contribution in [2.45, 2.75) is 44.1 Å². The minimum Gasteiger partial charge on any atom is -0.353 e. The average Bonchev–Trinajstić information content (AvgIpc) is 2.94. The van der Waals surface area contributed by atoms with Crippen LogP contribution in [0.15, 0.2) is 46.3 Å². The number of hydrogen-bond acceptors (Lipinski definition) is 3. The molecule has 0 radical (unpaired) electrons. The summed E-state index contributed by atoms with van der Waals surface area (Å²) in [7, 11) is 0. The number of unbranched alkanes of at least 4 members (excludes halogenated alkanes) is 1. The highest BCUT2D eigenvalue weighted by molar-refractivity contribution is 7.98. The zero-order chi connectivity index (χ0) is 16.2. The Balaban J connectivity index is 1.97. The molecule has 4 nitrogen and oxygen atoms in total. The van der Waals surface area contributed by atoms with Crippen LogP contribution in [0.2, 0.25) is 0 Å². The topological polar surface area (TPSA) is 50.7 Å². The fourth-order valence-corrected chi connectivity index (χ4v) is 3.54. The molecular formula is C18H21N3OS. The lowest BCUT2D eigenvalue weighted by atomic mass is 10.2. The van der Waals surface area contributed by atoms with Gasteiger partial charge in [-0.3, -0.25) is 9.36 Å². The lowest BCUT2D eigenvalue weighted by Crippen LogP contribution is -2.23. The molecule has 0 spiro atoms. The minimum absolute atomic E-state index is 0.0344. The number of aromatic amines is 1. The van der Waals surface area contributed by atoms with Crippen LogP contribution in [0, 0.1) is 6.92 Å². The van der Waals surface area contributed by atoms with Crippen LogP contribution >= 0.6 is 11.8 Å². The zero-order valence-corrected chi connectivity index (χ0v) is 14.3. The number of fused-ring (bicyclic) bond motifs is 1. The Bertz CT molecular complexity index is 852. The van der Waals surface area contributed by atoms with Gasteiger partial charge < -0.3 is 4.98 Å². The number of hydrogen-bond donors (Lipinski definition) is 1. The Morgan fingerprint density at radius 3 is 2.78 bits per heavy atom. The predicted molar refractivity (Wildman–Crippen MR) is 96.0 cm³/mol. The number of thioether (sulfide) groups is 1. The van der Waals surface area contributed by atoms with E-state index in [9.17, 15) is 4.79 Å². The van der Waals surface area contributed by atoms with Crippen LogP contribution in [-0.4, -0.2) is 14.5 Å². The van der Waals surface area contributed by atoms with Crippen molar-refractivity contribution in [3.63, 3.8) is 0 Å². The number of H-pyrrole nitrogens is 1. The quantitative estimate of drug-likeness (QED) is 0.547. The monoisotopic (exact) mass is 327 g/mol. The van der Waals surface area contributed by atoms with Crippen molar-refractivity contribution in [1.29, 1.82) is 0 Å². The maximum atomic E-state index is 12.8. The summed E-state index contributed by atoms with van der Waals surface area (Å²) < 4.78 is 1.81. The second-order valence-corrected chi connectivity index (χ2v) is 6.63. The van der Waals surface area contributed by atoms with E-state index in [2.05, 4.69) is 24.0 Å². The van der Waals surface area contributed by atoms with E-state index in [1.807, 2.05) is 35.8 Å². The van der Waals surface area contributed by atoms with Gasteiger partial charge in [-0.05, 0) is 25.0 Å². The molecule has 0 unspecified atom stereocenters. The van der Waals surface area contributed by atoms with E-state index in [0.717, 1.165) is 35.0 Å². The Labute approximate surface area is 140 Å². The van der Waals surface area contributed by atoms with Crippen LogP contribution in [-0.2, 0) is 12.3 Å². The van der Waals surface area contributed by atoms with E-state index in [1.165, 1.54) is 5.56 Å². The summed E-state index contributed by atoms with van der Waals surface area (Å²) in [4.78, 5) is 20.6. The first-order chi connectivity index (χ1) is 11.2. The molecule has 3 aromatic rings. The Hall–Kier alpha value is -2.01. The van der Waals surface area contributed by atoms with E-state index in [1.54, 1.807) is 11.8 Å². The van der Waals surface area contributed by atoms with Crippen molar-refractivity contribution in [3.05, 3.63) is 58.0 Å². The molecule has 1 aromatic carbocycles. The summed E-state index contributed by atoms with van der Waals surface area (Å²) in [5.74, 6) is 0.814. The molecule has 0 saturated heterocycles. The van der Waals surface area contributed by atoms with Gasteiger partial charge in [-0.2, -0.15) is 0 Å². The van der Waals surface area contributed by atoms with Gasteiger partial charge in [0.15, 0.2) is 5.16 Å². The predicted octanol–water partition coefficient (Wildman–Crippen LogP) is 4.13. The number of benzene rings is 1. The molecule has 2 aromatic heterocycles. The first kappa shape index (κ1) is 15.9. The SMILES string of the molecule is CCCCn1c(SCc2ccccc2)nc2cc(C)[nH]c2c1=O.